The van der Waals surface area contributed by atoms with Gasteiger partial charge in [-0.1, -0.05) is 19.1 Å². The van der Waals surface area contributed by atoms with Crippen LogP contribution in [0.5, 0.6) is 0 Å². The van der Waals surface area contributed by atoms with Crippen molar-refractivity contribution >= 4 is 11.8 Å². The molecule has 0 fully saturated rings. The quantitative estimate of drug-likeness (QED) is 0.580. The average Bonchev–Trinajstić information content (AvgIpc) is 2.29. The van der Waals surface area contributed by atoms with Crippen LogP contribution >= 0.6 is 0 Å². The van der Waals surface area contributed by atoms with Gasteiger partial charge in [0, 0.05) is 6.42 Å². The van der Waals surface area contributed by atoms with E-state index in [0.717, 1.165) is 0 Å². The van der Waals surface area contributed by atoms with Gasteiger partial charge in [0.1, 0.15) is 11.7 Å². The van der Waals surface area contributed by atoms with Gasteiger partial charge in [0.25, 0.3) is 0 Å². The van der Waals surface area contributed by atoms with E-state index in [4.69, 9.17) is 0 Å². The third-order valence-corrected chi connectivity index (χ3v) is 2.29. The minimum Gasteiger partial charge on any atom is -0.468 e. The van der Waals surface area contributed by atoms with Gasteiger partial charge in [-0.2, -0.15) is 0 Å². The minimum absolute atomic E-state index is 0.205. The summed E-state index contributed by atoms with van der Waals surface area (Å²) in [6.45, 7) is 1.65. The summed E-state index contributed by atoms with van der Waals surface area (Å²) in [7, 11) is 1.21. The number of hydrogen-bond acceptors (Lipinski definition) is 3. The fraction of sp³-hybridized carbons (Fsp3) is 0.333. The van der Waals surface area contributed by atoms with Crippen LogP contribution in [0.15, 0.2) is 24.3 Å². The standard InChI is InChI=1S/C12H13FO3/c1-3-10(14)11(12(15)16-2)8-5-4-6-9(13)7-8/h4-7,11H,3H2,1-2H3. The molecule has 1 atom stereocenters. The van der Waals surface area contributed by atoms with Crippen LogP contribution in [0.2, 0.25) is 0 Å². The maximum atomic E-state index is 13.0. The highest BCUT2D eigenvalue weighted by atomic mass is 19.1. The van der Waals surface area contributed by atoms with Crippen LogP contribution in [0.3, 0.4) is 0 Å². The summed E-state index contributed by atoms with van der Waals surface area (Å²) in [5.41, 5.74) is 0.332. The van der Waals surface area contributed by atoms with E-state index in [9.17, 15) is 14.0 Å². The smallest absolute Gasteiger partial charge is 0.320 e. The van der Waals surface area contributed by atoms with E-state index in [0.29, 0.717) is 5.56 Å². The second kappa shape index (κ2) is 5.39. The van der Waals surface area contributed by atoms with Crippen molar-refractivity contribution < 1.29 is 18.7 Å². The van der Waals surface area contributed by atoms with Crippen LogP contribution in [-0.2, 0) is 14.3 Å². The van der Waals surface area contributed by atoms with Gasteiger partial charge in [0.05, 0.1) is 7.11 Å². The number of benzene rings is 1. The highest BCUT2D eigenvalue weighted by molar-refractivity contribution is 6.04. The molecule has 0 aliphatic rings. The maximum absolute atomic E-state index is 13.0. The highest BCUT2D eigenvalue weighted by Crippen LogP contribution is 2.20. The van der Waals surface area contributed by atoms with Gasteiger partial charge >= 0.3 is 5.97 Å². The number of carbonyl (C=O) groups is 2. The van der Waals surface area contributed by atoms with Crippen molar-refractivity contribution in [2.45, 2.75) is 19.3 Å². The third-order valence-electron chi connectivity index (χ3n) is 2.29. The molecule has 3 nitrogen and oxygen atoms in total. The third kappa shape index (κ3) is 2.66. The summed E-state index contributed by atoms with van der Waals surface area (Å²) in [6, 6.07) is 5.44. The molecule has 0 amide bonds. The molecule has 16 heavy (non-hydrogen) atoms. The molecule has 4 heteroatoms. The number of esters is 1. The molecule has 0 bridgehead atoms. The van der Waals surface area contributed by atoms with Crippen molar-refractivity contribution in [1.29, 1.82) is 0 Å². The molecule has 1 aromatic carbocycles. The van der Waals surface area contributed by atoms with Crippen molar-refractivity contribution in [3.63, 3.8) is 0 Å². The Balaban J connectivity index is 3.10. The molecule has 0 aromatic heterocycles. The summed E-state index contributed by atoms with van der Waals surface area (Å²) >= 11 is 0. The minimum atomic E-state index is -1.02. The van der Waals surface area contributed by atoms with E-state index in [-0.39, 0.29) is 12.2 Å². The number of halogens is 1. The molecule has 0 spiro atoms. The van der Waals surface area contributed by atoms with Gasteiger partial charge in [-0.25, -0.2) is 4.39 Å². The average molecular weight is 224 g/mol. The fourth-order valence-electron chi connectivity index (χ4n) is 1.46. The predicted molar refractivity (Wildman–Crippen MR) is 56.5 cm³/mol. The first-order valence-electron chi connectivity index (χ1n) is 4.96. The zero-order valence-electron chi connectivity index (χ0n) is 9.20. The van der Waals surface area contributed by atoms with Crippen LogP contribution in [0.25, 0.3) is 0 Å². The van der Waals surface area contributed by atoms with E-state index in [1.54, 1.807) is 6.92 Å². The van der Waals surface area contributed by atoms with Crippen LogP contribution in [0.1, 0.15) is 24.8 Å². The van der Waals surface area contributed by atoms with Crippen molar-refractivity contribution in [3.05, 3.63) is 35.6 Å². The molecule has 0 aliphatic heterocycles. The predicted octanol–water partition coefficient (Wildman–Crippen LogP) is 2.06. The summed E-state index contributed by atoms with van der Waals surface area (Å²) in [5.74, 6) is -2.43. The molecular formula is C12H13FO3. The lowest BCUT2D eigenvalue weighted by atomic mass is 9.93. The number of carbonyl (C=O) groups excluding carboxylic acids is 2. The zero-order valence-corrected chi connectivity index (χ0v) is 9.20. The van der Waals surface area contributed by atoms with Gasteiger partial charge in [-0.05, 0) is 17.7 Å². The van der Waals surface area contributed by atoms with Crippen molar-refractivity contribution in [2.24, 2.45) is 0 Å². The summed E-state index contributed by atoms with van der Waals surface area (Å²) in [4.78, 5) is 23.1. The molecular weight excluding hydrogens is 211 g/mol. The molecule has 0 heterocycles. The van der Waals surface area contributed by atoms with Gasteiger partial charge < -0.3 is 4.74 Å². The van der Waals surface area contributed by atoms with Crippen LogP contribution in [-0.4, -0.2) is 18.9 Å². The number of rotatable bonds is 4. The van der Waals surface area contributed by atoms with E-state index in [1.807, 2.05) is 0 Å². The number of methoxy groups -OCH3 is 1. The van der Waals surface area contributed by atoms with E-state index in [2.05, 4.69) is 4.74 Å². The molecule has 1 aromatic rings. The normalized spacial score (nSPS) is 11.9. The fourth-order valence-corrected chi connectivity index (χ4v) is 1.46. The summed E-state index contributed by atoms with van der Waals surface area (Å²) < 4.78 is 17.5. The summed E-state index contributed by atoms with van der Waals surface area (Å²) in [5, 5.41) is 0. The number of ketones is 1. The Kier molecular flexibility index (Phi) is 4.17. The number of ether oxygens (including phenoxy) is 1. The van der Waals surface area contributed by atoms with E-state index in [1.165, 1.54) is 31.4 Å². The first-order chi connectivity index (χ1) is 7.60. The zero-order chi connectivity index (χ0) is 12.1. The first-order valence-corrected chi connectivity index (χ1v) is 4.96. The highest BCUT2D eigenvalue weighted by Gasteiger charge is 2.28. The number of Topliss-reactive ketones (excluding diaryl/α,β-unsaturated/α-hetero) is 1. The van der Waals surface area contributed by atoms with E-state index >= 15 is 0 Å². The van der Waals surface area contributed by atoms with Crippen molar-refractivity contribution in [3.8, 4) is 0 Å². The Morgan fingerprint density at radius 3 is 2.62 bits per heavy atom. The summed E-state index contributed by atoms with van der Waals surface area (Å²) in [6.07, 6.45) is 0.205. The van der Waals surface area contributed by atoms with Gasteiger partial charge in [-0.3, -0.25) is 9.59 Å². The van der Waals surface area contributed by atoms with Gasteiger partial charge in [-0.15, -0.1) is 0 Å². The van der Waals surface area contributed by atoms with Gasteiger partial charge in [0.15, 0.2) is 5.78 Å². The molecule has 0 saturated heterocycles. The van der Waals surface area contributed by atoms with Crippen molar-refractivity contribution in [2.75, 3.05) is 7.11 Å². The van der Waals surface area contributed by atoms with Crippen molar-refractivity contribution in [1.82, 2.24) is 0 Å². The molecule has 1 rings (SSSR count). The molecule has 1 unspecified atom stereocenters. The Morgan fingerprint density at radius 2 is 2.12 bits per heavy atom. The molecule has 0 N–H and O–H groups in total. The molecule has 0 aliphatic carbocycles. The largest absolute Gasteiger partial charge is 0.468 e. The lowest BCUT2D eigenvalue weighted by Crippen LogP contribution is -2.22. The number of hydrogen-bond donors (Lipinski definition) is 0. The van der Waals surface area contributed by atoms with Crippen LogP contribution in [0.4, 0.5) is 4.39 Å². The Hall–Kier alpha value is -1.71. The topological polar surface area (TPSA) is 43.4 Å². The molecule has 0 radical (unpaired) electrons. The second-order valence-electron chi connectivity index (χ2n) is 3.33. The van der Waals surface area contributed by atoms with Gasteiger partial charge in [0.2, 0.25) is 0 Å². The first kappa shape index (κ1) is 12.4. The lowest BCUT2D eigenvalue weighted by Gasteiger charge is -2.12. The van der Waals surface area contributed by atoms with E-state index < -0.39 is 17.7 Å². The Morgan fingerprint density at radius 1 is 1.44 bits per heavy atom. The Bertz CT molecular complexity index is 385. The van der Waals surface area contributed by atoms with Crippen LogP contribution < -0.4 is 0 Å². The monoisotopic (exact) mass is 224 g/mol. The second-order valence-corrected chi connectivity index (χ2v) is 3.33. The SMILES string of the molecule is CCC(=O)C(C(=O)OC)c1cccc(F)c1. The van der Waals surface area contributed by atoms with Crippen LogP contribution in [0, 0.1) is 5.82 Å². The lowest BCUT2D eigenvalue weighted by molar-refractivity contribution is -0.145. The Labute approximate surface area is 93.2 Å². The maximum Gasteiger partial charge on any atom is 0.320 e. The molecule has 86 valence electrons. The molecule has 0 saturated carbocycles.